The molecule has 0 atom stereocenters. The van der Waals surface area contributed by atoms with E-state index in [0.29, 0.717) is 5.69 Å². The zero-order valence-electron chi connectivity index (χ0n) is 12.8. The normalized spacial score (nSPS) is 11.1. The summed E-state index contributed by atoms with van der Waals surface area (Å²) in [6.45, 7) is 0. The Morgan fingerprint density at radius 1 is 0.960 bits per heavy atom. The average molecular weight is 376 g/mol. The highest BCUT2D eigenvalue weighted by Gasteiger charge is 2.19. The second kappa shape index (κ2) is 7.04. The van der Waals surface area contributed by atoms with E-state index in [1.165, 1.54) is 47.7 Å². The van der Waals surface area contributed by atoms with E-state index in [1.54, 1.807) is 29.0 Å². The van der Waals surface area contributed by atoms with Crippen molar-refractivity contribution in [3.63, 3.8) is 0 Å². The van der Waals surface area contributed by atoms with E-state index >= 15 is 0 Å². The van der Waals surface area contributed by atoms with Gasteiger partial charge in [0.1, 0.15) is 5.82 Å². The fourth-order valence-corrected chi connectivity index (χ4v) is 4.01. The maximum absolute atomic E-state index is 12.9. The van der Waals surface area contributed by atoms with E-state index in [4.69, 9.17) is 0 Å². The molecule has 0 bridgehead atoms. The van der Waals surface area contributed by atoms with Gasteiger partial charge in [0.05, 0.1) is 16.1 Å². The molecule has 0 aliphatic heterocycles. The molecule has 8 heteroatoms. The van der Waals surface area contributed by atoms with Crippen molar-refractivity contribution in [2.24, 2.45) is 0 Å². The third-order valence-corrected chi connectivity index (χ3v) is 5.43. The predicted octanol–water partition coefficient (Wildman–Crippen LogP) is 3.94. The van der Waals surface area contributed by atoms with E-state index in [1.807, 2.05) is 0 Å². The van der Waals surface area contributed by atoms with Crippen LogP contribution < -0.4 is 10.0 Å². The Balaban J connectivity index is 1.80. The molecule has 1 amide bonds. The highest BCUT2D eigenvalue weighted by atomic mass is 32.2. The molecular formula is C17H13FN2O3S2. The number of carbonyl (C=O) groups is 1. The summed E-state index contributed by atoms with van der Waals surface area (Å²) in [5.41, 5.74) is 0.789. The molecule has 0 aliphatic carbocycles. The van der Waals surface area contributed by atoms with Gasteiger partial charge in [0.15, 0.2) is 0 Å². The monoisotopic (exact) mass is 376 g/mol. The highest BCUT2D eigenvalue weighted by Crippen LogP contribution is 2.25. The lowest BCUT2D eigenvalue weighted by Gasteiger charge is -2.09. The summed E-state index contributed by atoms with van der Waals surface area (Å²) in [5, 5.41) is 5.69. The first-order valence-electron chi connectivity index (χ1n) is 7.17. The molecule has 1 heterocycles. The smallest absolute Gasteiger partial charge is 0.261 e. The zero-order chi connectivity index (χ0) is 17.9. The second-order valence-corrected chi connectivity index (χ2v) is 7.50. The van der Waals surface area contributed by atoms with Crippen molar-refractivity contribution < 1.29 is 17.6 Å². The summed E-state index contributed by atoms with van der Waals surface area (Å²) in [6, 6.07) is 13.2. The van der Waals surface area contributed by atoms with E-state index in [2.05, 4.69) is 10.0 Å². The molecule has 0 saturated heterocycles. The molecule has 5 nitrogen and oxygen atoms in total. The van der Waals surface area contributed by atoms with Crippen LogP contribution in [0.3, 0.4) is 0 Å². The Bertz CT molecular complexity index is 984. The van der Waals surface area contributed by atoms with Gasteiger partial charge in [-0.05, 0) is 36.4 Å². The molecular weight excluding hydrogens is 363 g/mol. The topological polar surface area (TPSA) is 75.3 Å². The van der Waals surface area contributed by atoms with Gasteiger partial charge in [0, 0.05) is 16.4 Å². The fraction of sp³-hybridized carbons (Fsp3) is 0. The highest BCUT2D eigenvalue weighted by molar-refractivity contribution is 7.92. The standard InChI is InChI=1S/C17H13FN2O3S2/c18-12-6-8-13(9-7-12)19-17(21)15-10-24-11-16(15)20-25(22,23)14-4-2-1-3-5-14/h1-11,20H,(H,19,21). The van der Waals surface area contributed by atoms with Crippen molar-refractivity contribution in [1.82, 2.24) is 0 Å². The van der Waals surface area contributed by atoms with Crippen LogP contribution in [-0.4, -0.2) is 14.3 Å². The van der Waals surface area contributed by atoms with E-state index in [9.17, 15) is 17.6 Å². The van der Waals surface area contributed by atoms with Crippen LogP contribution in [0.2, 0.25) is 0 Å². The molecule has 0 aliphatic rings. The van der Waals surface area contributed by atoms with Crippen LogP contribution in [0.1, 0.15) is 10.4 Å². The molecule has 0 radical (unpaired) electrons. The third kappa shape index (κ3) is 4.04. The van der Waals surface area contributed by atoms with Crippen LogP contribution in [0.5, 0.6) is 0 Å². The van der Waals surface area contributed by atoms with Gasteiger partial charge < -0.3 is 5.32 Å². The maximum atomic E-state index is 12.9. The Hall–Kier alpha value is -2.71. The predicted molar refractivity (Wildman–Crippen MR) is 95.9 cm³/mol. The molecule has 3 rings (SSSR count). The number of carbonyl (C=O) groups excluding carboxylic acids is 1. The van der Waals surface area contributed by atoms with E-state index in [-0.39, 0.29) is 16.1 Å². The van der Waals surface area contributed by atoms with Crippen LogP contribution in [-0.2, 0) is 10.0 Å². The molecule has 0 saturated carbocycles. The molecule has 1 aromatic heterocycles. The number of thiophene rings is 1. The van der Waals surface area contributed by atoms with E-state index < -0.39 is 21.7 Å². The minimum atomic E-state index is -3.79. The number of benzene rings is 2. The third-order valence-electron chi connectivity index (χ3n) is 3.31. The van der Waals surface area contributed by atoms with Gasteiger partial charge in [-0.3, -0.25) is 9.52 Å². The second-order valence-electron chi connectivity index (χ2n) is 5.08. The van der Waals surface area contributed by atoms with Gasteiger partial charge in [0.25, 0.3) is 15.9 Å². The van der Waals surface area contributed by atoms with Gasteiger partial charge in [0.2, 0.25) is 0 Å². The zero-order valence-corrected chi connectivity index (χ0v) is 14.4. The molecule has 128 valence electrons. The number of hydrogen-bond donors (Lipinski definition) is 2. The quantitative estimate of drug-likeness (QED) is 0.708. The number of sulfonamides is 1. The Labute approximate surface area is 148 Å². The largest absolute Gasteiger partial charge is 0.322 e. The molecule has 2 aromatic carbocycles. The first-order chi connectivity index (χ1) is 12.0. The number of nitrogens with one attached hydrogen (secondary N) is 2. The lowest BCUT2D eigenvalue weighted by Crippen LogP contribution is -2.17. The summed E-state index contributed by atoms with van der Waals surface area (Å²) in [7, 11) is -3.79. The van der Waals surface area contributed by atoms with E-state index in [0.717, 1.165) is 0 Å². The van der Waals surface area contributed by atoms with Crippen molar-refractivity contribution in [1.29, 1.82) is 0 Å². The lowest BCUT2D eigenvalue weighted by molar-refractivity contribution is 0.102. The van der Waals surface area contributed by atoms with Gasteiger partial charge in [-0.1, -0.05) is 18.2 Å². The molecule has 25 heavy (non-hydrogen) atoms. The first-order valence-corrected chi connectivity index (χ1v) is 9.59. The van der Waals surface area contributed by atoms with Crippen LogP contribution in [0, 0.1) is 5.82 Å². The minimum Gasteiger partial charge on any atom is -0.322 e. The average Bonchev–Trinajstić information content (AvgIpc) is 3.05. The number of hydrogen-bond acceptors (Lipinski definition) is 4. The van der Waals surface area contributed by atoms with Gasteiger partial charge in [-0.25, -0.2) is 12.8 Å². The Kier molecular flexibility index (Phi) is 4.82. The van der Waals surface area contributed by atoms with Crippen LogP contribution in [0.4, 0.5) is 15.8 Å². The SMILES string of the molecule is O=C(Nc1ccc(F)cc1)c1cscc1NS(=O)(=O)c1ccccc1. The van der Waals surface area contributed by atoms with Crippen molar-refractivity contribution in [2.75, 3.05) is 10.0 Å². The molecule has 0 fully saturated rings. The maximum Gasteiger partial charge on any atom is 0.261 e. The number of halogens is 1. The number of rotatable bonds is 5. The van der Waals surface area contributed by atoms with Gasteiger partial charge in [-0.15, -0.1) is 11.3 Å². The summed E-state index contributed by atoms with van der Waals surface area (Å²) in [4.78, 5) is 12.5. The lowest BCUT2D eigenvalue weighted by atomic mass is 10.2. The Morgan fingerprint density at radius 3 is 2.32 bits per heavy atom. The summed E-state index contributed by atoms with van der Waals surface area (Å²) in [6.07, 6.45) is 0. The molecule has 0 spiro atoms. The summed E-state index contributed by atoms with van der Waals surface area (Å²) >= 11 is 1.20. The van der Waals surface area contributed by atoms with Crippen molar-refractivity contribution >= 4 is 38.6 Å². The first kappa shape index (κ1) is 17.1. The number of amides is 1. The summed E-state index contributed by atoms with van der Waals surface area (Å²) in [5.74, 6) is -0.900. The summed E-state index contributed by atoms with van der Waals surface area (Å²) < 4.78 is 40.1. The van der Waals surface area contributed by atoms with Crippen molar-refractivity contribution in [3.8, 4) is 0 Å². The minimum absolute atomic E-state index is 0.103. The Morgan fingerprint density at radius 2 is 1.64 bits per heavy atom. The fourth-order valence-electron chi connectivity index (χ4n) is 2.09. The molecule has 0 unspecified atom stereocenters. The van der Waals surface area contributed by atoms with Gasteiger partial charge in [-0.2, -0.15) is 0 Å². The number of anilines is 2. The van der Waals surface area contributed by atoms with Crippen LogP contribution in [0.25, 0.3) is 0 Å². The van der Waals surface area contributed by atoms with Crippen LogP contribution >= 0.6 is 11.3 Å². The molecule has 3 aromatic rings. The van der Waals surface area contributed by atoms with Crippen LogP contribution in [0.15, 0.2) is 70.3 Å². The van der Waals surface area contributed by atoms with Crippen molar-refractivity contribution in [3.05, 3.63) is 76.7 Å². The molecule has 2 N–H and O–H groups in total. The van der Waals surface area contributed by atoms with Crippen molar-refractivity contribution in [2.45, 2.75) is 4.90 Å². The van der Waals surface area contributed by atoms with Gasteiger partial charge >= 0.3 is 0 Å².